The Balaban J connectivity index is 1.17. The molecule has 7 rings (SSSR count). The van der Waals surface area contributed by atoms with Crippen molar-refractivity contribution in [1.82, 2.24) is 4.98 Å². The van der Waals surface area contributed by atoms with Crippen LogP contribution in [-0.2, 0) is 61.3 Å². The van der Waals surface area contributed by atoms with E-state index < -0.39 is 30.7 Å². The van der Waals surface area contributed by atoms with Gasteiger partial charge < -0.3 is 33.4 Å². The first-order valence-corrected chi connectivity index (χ1v) is 17.7. The number of aromatic amines is 1. The van der Waals surface area contributed by atoms with E-state index in [1.165, 1.54) is 10.9 Å². The number of ether oxygens (including phenoxy) is 6. The van der Waals surface area contributed by atoms with Crippen LogP contribution in [0, 0.1) is 0 Å². The Kier molecular flexibility index (Phi) is 12.3. The fraction of sp³-hybridized carbons (Fsp3) is 0.273. The number of benzene rings is 5. The molecule has 0 amide bonds. The van der Waals surface area contributed by atoms with E-state index in [0.29, 0.717) is 39.5 Å². The highest BCUT2D eigenvalue weighted by atomic mass is 16.7. The molecule has 5 aromatic carbocycles. The third kappa shape index (κ3) is 9.60. The number of para-hydroxylation sites is 1. The van der Waals surface area contributed by atoms with E-state index in [9.17, 15) is 0 Å². The molecule has 2 heterocycles. The van der Waals surface area contributed by atoms with Crippen LogP contribution in [0.3, 0.4) is 0 Å². The molecule has 51 heavy (non-hydrogen) atoms. The topological polar surface area (TPSA) is 71.2 Å². The van der Waals surface area contributed by atoms with Crippen LogP contribution in [0.1, 0.15) is 27.8 Å². The Labute approximate surface area is 300 Å². The van der Waals surface area contributed by atoms with Gasteiger partial charge in [0, 0.05) is 17.1 Å². The third-order valence-electron chi connectivity index (χ3n) is 9.17. The third-order valence-corrected chi connectivity index (χ3v) is 9.17. The summed E-state index contributed by atoms with van der Waals surface area (Å²) >= 11 is 0. The van der Waals surface area contributed by atoms with Gasteiger partial charge in [-0.25, -0.2) is 0 Å². The van der Waals surface area contributed by atoms with E-state index in [0.717, 1.165) is 27.8 Å². The van der Waals surface area contributed by atoms with Gasteiger partial charge in [0.05, 0.1) is 39.6 Å². The summed E-state index contributed by atoms with van der Waals surface area (Å²) < 4.78 is 40.1. The van der Waals surface area contributed by atoms with Crippen LogP contribution in [-0.4, -0.2) is 48.9 Å². The van der Waals surface area contributed by atoms with Crippen molar-refractivity contribution in [2.24, 2.45) is 0 Å². The SMILES string of the molecule is c1ccc(COC[C@H]2O[C@H](OCCc3c[nH]c4ccccc34)[C@H](OCc3ccccc3)[C@@H](OCc3ccccc3)[C@@H]2OCc2ccccc2)cc1. The minimum atomic E-state index is -0.735. The van der Waals surface area contributed by atoms with Gasteiger partial charge in [-0.15, -0.1) is 0 Å². The Morgan fingerprint density at radius 2 is 0.980 bits per heavy atom. The summed E-state index contributed by atoms with van der Waals surface area (Å²) in [4.78, 5) is 3.38. The molecule has 0 radical (unpaired) electrons. The summed E-state index contributed by atoms with van der Waals surface area (Å²) in [5.41, 5.74) is 6.54. The summed E-state index contributed by atoms with van der Waals surface area (Å²) in [6.45, 7) is 2.28. The number of hydrogen-bond donors (Lipinski definition) is 1. The predicted octanol–water partition coefficient (Wildman–Crippen LogP) is 8.42. The zero-order chi connectivity index (χ0) is 34.5. The molecule has 5 atom stereocenters. The molecule has 1 saturated heterocycles. The van der Waals surface area contributed by atoms with Crippen molar-refractivity contribution in [2.45, 2.75) is 63.6 Å². The number of aromatic nitrogens is 1. The van der Waals surface area contributed by atoms with E-state index in [2.05, 4.69) is 77.9 Å². The van der Waals surface area contributed by atoms with Crippen LogP contribution in [0.5, 0.6) is 0 Å². The second-order valence-corrected chi connectivity index (χ2v) is 12.8. The number of rotatable bonds is 17. The van der Waals surface area contributed by atoms with Crippen LogP contribution >= 0.6 is 0 Å². The molecule has 0 bridgehead atoms. The Morgan fingerprint density at radius 1 is 0.490 bits per heavy atom. The molecular weight excluding hydrogens is 638 g/mol. The maximum Gasteiger partial charge on any atom is 0.186 e. The first-order chi connectivity index (χ1) is 25.3. The van der Waals surface area contributed by atoms with Crippen molar-refractivity contribution in [1.29, 1.82) is 0 Å². The fourth-order valence-corrected chi connectivity index (χ4v) is 6.50. The number of H-pyrrole nitrogens is 1. The van der Waals surface area contributed by atoms with Gasteiger partial charge in [-0.05, 0) is 40.3 Å². The van der Waals surface area contributed by atoms with Gasteiger partial charge in [0.2, 0.25) is 0 Å². The highest BCUT2D eigenvalue weighted by Gasteiger charge is 2.49. The molecule has 262 valence electrons. The maximum atomic E-state index is 6.84. The Bertz CT molecular complexity index is 1870. The lowest BCUT2D eigenvalue weighted by atomic mass is 9.97. The van der Waals surface area contributed by atoms with Crippen molar-refractivity contribution >= 4 is 10.9 Å². The van der Waals surface area contributed by atoms with Gasteiger partial charge in [-0.1, -0.05) is 140 Å². The van der Waals surface area contributed by atoms with Crippen LogP contribution < -0.4 is 0 Å². The average molecular weight is 684 g/mol. The lowest BCUT2D eigenvalue weighted by molar-refractivity contribution is -0.328. The molecular formula is C44H45NO6. The van der Waals surface area contributed by atoms with Crippen LogP contribution in [0.25, 0.3) is 10.9 Å². The maximum absolute atomic E-state index is 6.84. The van der Waals surface area contributed by atoms with Gasteiger partial charge in [-0.3, -0.25) is 0 Å². The molecule has 1 aliphatic rings. The predicted molar refractivity (Wildman–Crippen MR) is 198 cm³/mol. The average Bonchev–Trinajstić information content (AvgIpc) is 3.60. The van der Waals surface area contributed by atoms with E-state index in [1.54, 1.807) is 0 Å². The largest absolute Gasteiger partial charge is 0.374 e. The normalized spacial score (nSPS) is 20.4. The molecule has 0 spiro atoms. The van der Waals surface area contributed by atoms with Gasteiger partial charge >= 0.3 is 0 Å². The lowest BCUT2D eigenvalue weighted by Gasteiger charge is -2.46. The summed E-state index contributed by atoms with van der Waals surface area (Å²) in [7, 11) is 0. The molecule has 1 N–H and O–H groups in total. The molecule has 1 aromatic heterocycles. The second-order valence-electron chi connectivity index (χ2n) is 12.8. The van der Waals surface area contributed by atoms with Gasteiger partial charge in [0.25, 0.3) is 0 Å². The number of hydrogen-bond acceptors (Lipinski definition) is 6. The number of nitrogens with one attached hydrogen (secondary N) is 1. The highest BCUT2D eigenvalue weighted by molar-refractivity contribution is 5.83. The van der Waals surface area contributed by atoms with E-state index in [-0.39, 0.29) is 6.61 Å². The van der Waals surface area contributed by atoms with Crippen LogP contribution in [0.4, 0.5) is 0 Å². The fourth-order valence-electron chi connectivity index (χ4n) is 6.50. The van der Waals surface area contributed by atoms with Crippen molar-refractivity contribution < 1.29 is 28.4 Å². The standard InChI is InChI=1S/C44H45NO6/c1-5-15-33(16-6-1)28-46-32-40-41(48-29-34-17-7-2-8-18-34)42(49-30-35-19-9-3-10-20-35)43(50-31-36-21-11-4-12-22-36)44(51-40)47-26-25-37-27-45-39-24-14-13-23-38(37)39/h1-24,27,40-45H,25-26,28-32H2/t40-,41-,42+,43-,44+/m1/s1. The summed E-state index contributed by atoms with van der Waals surface area (Å²) in [6, 6.07) is 48.9. The molecule has 1 fully saturated rings. The minimum Gasteiger partial charge on any atom is -0.374 e. The van der Waals surface area contributed by atoms with Crippen molar-refractivity contribution in [3.63, 3.8) is 0 Å². The Hall–Kier alpha value is -4.60. The minimum absolute atomic E-state index is 0.285. The monoisotopic (exact) mass is 683 g/mol. The zero-order valence-electron chi connectivity index (χ0n) is 28.7. The summed E-state index contributed by atoms with van der Waals surface area (Å²) in [5, 5.41) is 1.19. The van der Waals surface area contributed by atoms with Crippen LogP contribution in [0.15, 0.2) is 152 Å². The summed E-state index contributed by atoms with van der Waals surface area (Å²) in [5.74, 6) is 0. The molecule has 0 unspecified atom stereocenters. The lowest BCUT2D eigenvalue weighted by Crippen LogP contribution is -2.61. The van der Waals surface area contributed by atoms with Gasteiger partial charge in [0.1, 0.15) is 24.4 Å². The van der Waals surface area contributed by atoms with Crippen molar-refractivity contribution in [3.05, 3.63) is 180 Å². The van der Waals surface area contributed by atoms with Gasteiger partial charge in [-0.2, -0.15) is 0 Å². The molecule has 0 aliphatic carbocycles. The first kappa shape index (κ1) is 34.8. The highest BCUT2D eigenvalue weighted by Crippen LogP contribution is 2.32. The second kappa shape index (κ2) is 18.1. The molecule has 1 aliphatic heterocycles. The first-order valence-electron chi connectivity index (χ1n) is 17.7. The van der Waals surface area contributed by atoms with Gasteiger partial charge in [0.15, 0.2) is 6.29 Å². The van der Waals surface area contributed by atoms with Crippen molar-refractivity contribution in [3.8, 4) is 0 Å². The zero-order valence-corrected chi connectivity index (χ0v) is 28.7. The smallest absolute Gasteiger partial charge is 0.186 e. The van der Waals surface area contributed by atoms with E-state index in [4.69, 9.17) is 28.4 Å². The van der Waals surface area contributed by atoms with Crippen molar-refractivity contribution in [2.75, 3.05) is 13.2 Å². The molecule has 6 aromatic rings. The molecule has 7 nitrogen and oxygen atoms in total. The summed E-state index contributed by atoms with van der Waals surface area (Å²) in [6.07, 6.45) is -0.113. The Morgan fingerprint density at radius 3 is 1.57 bits per heavy atom. The van der Waals surface area contributed by atoms with E-state index >= 15 is 0 Å². The quantitative estimate of drug-likeness (QED) is 0.104. The molecule has 7 heteroatoms. The number of fused-ring (bicyclic) bond motifs is 1. The molecule has 0 saturated carbocycles. The van der Waals surface area contributed by atoms with E-state index in [1.807, 2.05) is 78.9 Å². The van der Waals surface area contributed by atoms with Crippen LogP contribution in [0.2, 0.25) is 0 Å².